The lowest BCUT2D eigenvalue weighted by Gasteiger charge is -2.36. The van der Waals surface area contributed by atoms with E-state index in [0.29, 0.717) is 29.7 Å². The van der Waals surface area contributed by atoms with Crippen molar-refractivity contribution in [3.63, 3.8) is 0 Å². The summed E-state index contributed by atoms with van der Waals surface area (Å²) in [6, 6.07) is 4.48. The number of nitrogens with zero attached hydrogens (tertiary/aromatic N) is 1. The van der Waals surface area contributed by atoms with Gasteiger partial charge in [0.1, 0.15) is 0 Å². The number of methoxy groups -OCH3 is 1. The highest BCUT2D eigenvalue weighted by Crippen LogP contribution is 2.20. The van der Waals surface area contributed by atoms with E-state index in [1.54, 1.807) is 18.1 Å². The van der Waals surface area contributed by atoms with Crippen LogP contribution in [0.3, 0.4) is 0 Å². The minimum atomic E-state index is -1.07. The monoisotopic (exact) mass is 371 g/mol. The third-order valence-corrected chi connectivity index (χ3v) is 3.82. The molecule has 0 radical (unpaired) electrons. The molecule has 1 aliphatic rings. The average molecular weight is 372 g/mol. The fourth-order valence-electron chi connectivity index (χ4n) is 2.51. The molecule has 2 atom stereocenters. The number of carbonyl (C=O) groups is 2. The molecule has 1 heterocycles. The van der Waals surface area contributed by atoms with E-state index in [1.165, 1.54) is 12.1 Å². The first kappa shape index (κ1) is 16.9. The van der Waals surface area contributed by atoms with E-state index >= 15 is 0 Å². The minimum Gasteiger partial charge on any atom is -0.478 e. The number of amides is 1. The Hall–Kier alpha value is -1.44. The maximum absolute atomic E-state index is 12.6. The minimum absolute atomic E-state index is 0.0764. The number of benzene rings is 1. The third-order valence-electron chi connectivity index (χ3n) is 3.36. The molecule has 0 bridgehead atoms. The predicted octanol–water partition coefficient (Wildman–Crippen LogP) is 2.02. The molecule has 6 nitrogen and oxygen atoms in total. The number of carbonyl (C=O) groups excluding carboxylic acids is 1. The average Bonchev–Trinajstić information content (AvgIpc) is 2.45. The molecule has 0 saturated carbocycles. The molecule has 1 aromatic carbocycles. The number of halogens is 1. The molecule has 1 aromatic rings. The van der Waals surface area contributed by atoms with Gasteiger partial charge < -0.3 is 19.5 Å². The molecule has 1 amide bonds. The van der Waals surface area contributed by atoms with Crippen LogP contribution in [-0.2, 0) is 9.47 Å². The zero-order valence-electron chi connectivity index (χ0n) is 12.4. The number of carboxylic acid groups (broad SMARTS) is 1. The quantitative estimate of drug-likeness (QED) is 0.875. The molecule has 0 aromatic heterocycles. The van der Waals surface area contributed by atoms with Crippen molar-refractivity contribution in [2.45, 2.75) is 19.1 Å². The zero-order chi connectivity index (χ0) is 16.3. The van der Waals surface area contributed by atoms with Gasteiger partial charge in [0, 0.05) is 30.2 Å². The fraction of sp³-hybridized carbons (Fsp3) is 0.467. The maximum atomic E-state index is 12.6. The molecule has 2 rings (SSSR count). The lowest BCUT2D eigenvalue weighted by atomic mass is 10.1. The van der Waals surface area contributed by atoms with Crippen molar-refractivity contribution >= 4 is 27.8 Å². The van der Waals surface area contributed by atoms with Gasteiger partial charge in [-0.3, -0.25) is 4.79 Å². The Morgan fingerprint density at radius 1 is 1.36 bits per heavy atom. The van der Waals surface area contributed by atoms with E-state index in [-0.39, 0.29) is 23.7 Å². The molecule has 1 fully saturated rings. The number of rotatable bonds is 4. The normalized spacial score (nSPS) is 21.7. The Morgan fingerprint density at radius 3 is 2.68 bits per heavy atom. The van der Waals surface area contributed by atoms with Crippen LogP contribution in [0.1, 0.15) is 27.6 Å². The molecule has 0 spiro atoms. The highest BCUT2D eigenvalue weighted by Gasteiger charge is 2.29. The Bertz CT molecular complexity index is 577. The van der Waals surface area contributed by atoms with Crippen molar-refractivity contribution in [2.24, 2.45) is 0 Å². The second-order valence-corrected chi connectivity index (χ2v) is 6.18. The number of carboxylic acids is 1. The van der Waals surface area contributed by atoms with Crippen molar-refractivity contribution < 1.29 is 24.2 Å². The SMILES string of the molecule is COCC1CN(C(=O)c2cc(Br)cc(C(=O)O)c2)CC(C)O1. The summed E-state index contributed by atoms with van der Waals surface area (Å²) >= 11 is 3.24. The third kappa shape index (κ3) is 4.06. The van der Waals surface area contributed by atoms with Gasteiger partial charge in [0.15, 0.2) is 0 Å². The Morgan fingerprint density at radius 2 is 2.05 bits per heavy atom. The van der Waals surface area contributed by atoms with Crippen LogP contribution in [0.5, 0.6) is 0 Å². The van der Waals surface area contributed by atoms with E-state index < -0.39 is 5.97 Å². The molecule has 1 saturated heterocycles. The molecule has 0 aliphatic carbocycles. The topological polar surface area (TPSA) is 76.1 Å². The molecule has 22 heavy (non-hydrogen) atoms. The molecule has 1 N–H and O–H groups in total. The molecule has 7 heteroatoms. The van der Waals surface area contributed by atoms with Crippen molar-refractivity contribution in [1.29, 1.82) is 0 Å². The lowest BCUT2D eigenvalue weighted by Crippen LogP contribution is -2.50. The van der Waals surface area contributed by atoms with Crippen molar-refractivity contribution in [3.05, 3.63) is 33.8 Å². The van der Waals surface area contributed by atoms with Gasteiger partial charge in [0.2, 0.25) is 0 Å². The molecule has 120 valence electrons. The Labute approximate surface area is 137 Å². The predicted molar refractivity (Wildman–Crippen MR) is 83.2 cm³/mol. The van der Waals surface area contributed by atoms with Crippen LogP contribution in [0, 0.1) is 0 Å². The van der Waals surface area contributed by atoms with Crippen LogP contribution in [0.15, 0.2) is 22.7 Å². The smallest absolute Gasteiger partial charge is 0.335 e. The fourth-order valence-corrected chi connectivity index (χ4v) is 3.00. The highest BCUT2D eigenvalue weighted by atomic mass is 79.9. The van der Waals surface area contributed by atoms with Gasteiger partial charge in [-0.15, -0.1) is 0 Å². The van der Waals surface area contributed by atoms with Gasteiger partial charge >= 0.3 is 5.97 Å². The highest BCUT2D eigenvalue weighted by molar-refractivity contribution is 9.10. The number of hydrogen-bond acceptors (Lipinski definition) is 4. The second kappa shape index (κ2) is 7.21. The lowest BCUT2D eigenvalue weighted by molar-refractivity contribution is -0.0918. The van der Waals surface area contributed by atoms with Crippen LogP contribution in [0.2, 0.25) is 0 Å². The number of morpholine rings is 1. The molecular weight excluding hydrogens is 354 g/mol. The van der Waals surface area contributed by atoms with Gasteiger partial charge in [-0.1, -0.05) is 15.9 Å². The van der Waals surface area contributed by atoms with Crippen LogP contribution in [-0.4, -0.2) is 60.9 Å². The summed E-state index contributed by atoms with van der Waals surface area (Å²) in [6.45, 7) is 3.19. The summed E-state index contributed by atoms with van der Waals surface area (Å²) in [5, 5.41) is 9.10. The van der Waals surface area contributed by atoms with E-state index in [4.69, 9.17) is 14.6 Å². The maximum Gasteiger partial charge on any atom is 0.335 e. The van der Waals surface area contributed by atoms with Crippen molar-refractivity contribution in [1.82, 2.24) is 4.90 Å². The summed E-state index contributed by atoms with van der Waals surface area (Å²) in [5.74, 6) is -1.27. The van der Waals surface area contributed by atoms with Crippen LogP contribution in [0.25, 0.3) is 0 Å². The van der Waals surface area contributed by atoms with Gasteiger partial charge in [-0.25, -0.2) is 4.79 Å². The molecular formula is C15H18BrNO5. The zero-order valence-corrected chi connectivity index (χ0v) is 14.0. The second-order valence-electron chi connectivity index (χ2n) is 5.27. The van der Waals surface area contributed by atoms with E-state index in [1.807, 2.05) is 6.92 Å². The first-order valence-electron chi connectivity index (χ1n) is 6.88. The number of ether oxygens (including phenoxy) is 2. The first-order valence-corrected chi connectivity index (χ1v) is 7.67. The van der Waals surface area contributed by atoms with Crippen molar-refractivity contribution in [2.75, 3.05) is 26.8 Å². The summed E-state index contributed by atoms with van der Waals surface area (Å²) in [5.41, 5.74) is 0.421. The van der Waals surface area contributed by atoms with Crippen molar-refractivity contribution in [3.8, 4) is 0 Å². The van der Waals surface area contributed by atoms with Crippen LogP contribution < -0.4 is 0 Å². The van der Waals surface area contributed by atoms with E-state index in [0.717, 1.165) is 0 Å². The van der Waals surface area contributed by atoms with E-state index in [2.05, 4.69) is 15.9 Å². The number of hydrogen-bond donors (Lipinski definition) is 1. The summed E-state index contributed by atoms with van der Waals surface area (Å²) in [4.78, 5) is 25.4. The Balaban J connectivity index is 2.21. The van der Waals surface area contributed by atoms with Gasteiger partial charge in [-0.05, 0) is 25.1 Å². The summed E-state index contributed by atoms with van der Waals surface area (Å²) in [7, 11) is 1.59. The van der Waals surface area contributed by atoms with Gasteiger partial charge in [0.05, 0.1) is 24.4 Å². The van der Waals surface area contributed by atoms with Gasteiger partial charge in [0.25, 0.3) is 5.91 Å². The molecule has 1 aliphatic heterocycles. The first-order chi connectivity index (χ1) is 10.4. The molecule has 2 unspecified atom stereocenters. The summed E-state index contributed by atoms with van der Waals surface area (Å²) < 4.78 is 11.4. The number of aromatic carboxylic acids is 1. The standard InChI is InChI=1S/C15H18BrNO5/c1-9-6-17(7-13(22-9)8-21-2)14(18)10-3-11(15(19)20)5-12(16)4-10/h3-5,9,13H,6-8H2,1-2H3,(H,19,20). The Kier molecular flexibility index (Phi) is 5.55. The van der Waals surface area contributed by atoms with Gasteiger partial charge in [-0.2, -0.15) is 0 Å². The van der Waals surface area contributed by atoms with Crippen LogP contribution >= 0.6 is 15.9 Å². The van der Waals surface area contributed by atoms with Crippen LogP contribution in [0.4, 0.5) is 0 Å². The van der Waals surface area contributed by atoms with E-state index in [9.17, 15) is 9.59 Å². The largest absolute Gasteiger partial charge is 0.478 e. The summed E-state index contributed by atoms with van der Waals surface area (Å²) in [6.07, 6.45) is -0.271.